The van der Waals surface area contributed by atoms with Crippen molar-refractivity contribution in [3.63, 3.8) is 0 Å². The first kappa shape index (κ1) is 19.4. The molecular weight excluding hydrogens is 347 g/mol. The molecule has 1 aliphatic heterocycles. The Morgan fingerprint density at radius 1 is 1.27 bits per heavy atom. The monoisotopic (exact) mass is 376 g/mol. The third-order valence-corrected chi connectivity index (χ3v) is 9.91. The number of nitrogens with zero attached hydrogens (tertiary/aromatic N) is 2. The minimum absolute atomic E-state index is 0.0373. The first-order chi connectivity index (χ1) is 12.1. The normalized spacial score (nSPS) is 19.0. The molecule has 2 N–H and O–H groups in total. The van der Waals surface area contributed by atoms with E-state index in [9.17, 15) is 10.0 Å². The molecule has 2 heterocycles. The van der Waals surface area contributed by atoms with E-state index in [0.717, 1.165) is 24.8 Å². The van der Waals surface area contributed by atoms with Crippen LogP contribution in [0.4, 0.5) is 0 Å². The highest BCUT2D eigenvalue weighted by molar-refractivity contribution is 6.75. The highest BCUT2D eigenvalue weighted by Crippen LogP contribution is 2.39. The summed E-state index contributed by atoms with van der Waals surface area (Å²) in [4.78, 5) is 0. The lowest BCUT2D eigenvalue weighted by Gasteiger charge is -2.36. The first-order valence-electron chi connectivity index (χ1n) is 9.30. The summed E-state index contributed by atoms with van der Waals surface area (Å²) in [5.74, 6) is 0.666. The van der Waals surface area contributed by atoms with E-state index in [0.29, 0.717) is 17.7 Å². The van der Waals surface area contributed by atoms with Crippen molar-refractivity contribution >= 4 is 31.9 Å². The standard InChI is InChI=1S/C18H29BN2O4Si/c1-18(2,3)26(4,5)25-14-10-8-9-13-16(14)17(19(22)23)20-21(13)15-11-6-7-12-24-15/h8-10,15,22-23H,6-7,11-12H2,1-5H3. The second-order valence-electron chi connectivity index (χ2n) is 8.54. The smallest absolute Gasteiger partial charge is 0.510 e. The lowest BCUT2D eigenvalue weighted by atomic mass is 9.84. The maximum Gasteiger partial charge on any atom is 0.510 e. The van der Waals surface area contributed by atoms with Crippen LogP contribution in [0.2, 0.25) is 18.1 Å². The molecule has 0 amide bonds. The zero-order chi connectivity index (χ0) is 19.1. The second kappa shape index (κ2) is 7.00. The van der Waals surface area contributed by atoms with Crippen LogP contribution in [0, 0.1) is 0 Å². The van der Waals surface area contributed by atoms with Crippen LogP contribution in [-0.4, -0.2) is 41.9 Å². The Balaban J connectivity index is 2.12. The molecule has 0 aliphatic carbocycles. The molecule has 1 saturated heterocycles. The van der Waals surface area contributed by atoms with Crippen molar-refractivity contribution in [3.8, 4) is 5.75 Å². The number of ether oxygens (including phenoxy) is 1. The van der Waals surface area contributed by atoms with E-state index in [1.165, 1.54) is 0 Å². The molecule has 2 aromatic rings. The van der Waals surface area contributed by atoms with Crippen LogP contribution in [0.3, 0.4) is 0 Å². The van der Waals surface area contributed by atoms with Gasteiger partial charge in [-0.2, -0.15) is 5.10 Å². The summed E-state index contributed by atoms with van der Waals surface area (Å²) in [7, 11) is -3.74. The summed E-state index contributed by atoms with van der Waals surface area (Å²) >= 11 is 0. The van der Waals surface area contributed by atoms with Gasteiger partial charge >= 0.3 is 7.12 Å². The summed E-state index contributed by atoms with van der Waals surface area (Å²) in [5, 5.41) is 25.0. The number of rotatable bonds is 4. The average Bonchev–Trinajstić information content (AvgIpc) is 2.95. The molecule has 0 spiro atoms. The largest absolute Gasteiger partial charge is 0.543 e. The van der Waals surface area contributed by atoms with Gasteiger partial charge in [0.25, 0.3) is 8.32 Å². The molecule has 6 nitrogen and oxygen atoms in total. The Morgan fingerprint density at radius 2 is 2.00 bits per heavy atom. The zero-order valence-electron chi connectivity index (χ0n) is 16.3. The molecular formula is C18H29BN2O4Si. The van der Waals surface area contributed by atoms with Gasteiger partial charge in [-0.1, -0.05) is 26.8 Å². The van der Waals surface area contributed by atoms with Crippen LogP contribution in [-0.2, 0) is 4.74 Å². The van der Waals surface area contributed by atoms with Gasteiger partial charge in [0, 0.05) is 6.61 Å². The van der Waals surface area contributed by atoms with Gasteiger partial charge in [-0.25, -0.2) is 4.68 Å². The maximum atomic E-state index is 9.91. The highest BCUT2D eigenvalue weighted by Gasteiger charge is 2.40. The molecule has 0 bridgehead atoms. The number of hydrogen-bond acceptors (Lipinski definition) is 5. The van der Waals surface area contributed by atoms with Crippen molar-refractivity contribution in [1.82, 2.24) is 9.78 Å². The van der Waals surface area contributed by atoms with E-state index in [4.69, 9.17) is 9.16 Å². The topological polar surface area (TPSA) is 76.7 Å². The summed E-state index contributed by atoms with van der Waals surface area (Å²) in [6, 6.07) is 5.76. The van der Waals surface area contributed by atoms with Gasteiger partial charge in [0.15, 0.2) is 6.23 Å². The highest BCUT2D eigenvalue weighted by atomic mass is 28.4. The van der Waals surface area contributed by atoms with Crippen LogP contribution in [0.1, 0.15) is 46.3 Å². The van der Waals surface area contributed by atoms with Crippen molar-refractivity contribution < 1.29 is 19.2 Å². The van der Waals surface area contributed by atoms with Crippen molar-refractivity contribution in [3.05, 3.63) is 18.2 Å². The Kier molecular flexibility index (Phi) is 5.22. The molecule has 0 radical (unpaired) electrons. The van der Waals surface area contributed by atoms with Gasteiger partial charge in [0.1, 0.15) is 11.3 Å². The van der Waals surface area contributed by atoms with Crippen LogP contribution < -0.4 is 10.0 Å². The molecule has 0 saturated carbocycles. The third-order valence-electron chi connectivity index (χ3n) is 5.57. The van der Waals surface area contributed by atoms with Gasteiger partial charge in [-0.3, -0.25) is 0 Å². The predicted octanol–water partition coefficient (Wildman–Crippen LogP) is 2.80. The van der Waals surface area contributed by atoms with Gasteiger partial charge in [-0.05, 0) is 49.5 Å². The lowest BCUT2D eigenvalue weighted by molar-refractivity contribution is -0.0364. The first-order valence-corrected chi connectivity index (χ1v) is 12.2. The van der Waals surface area contributed by atoms with Gasteiger partial charge < -0.3 is 19.2 Å². The maximum absolute atomic E-state index is 9.91. The molecule has 1 aliphatic rings. The molecule has 1 aromatic heterocycles. The molecule has 1 unspecified atom stereocenters. The molecule has 142 valence electrons. The molecule has 1 fully saturated rings. The Bertz CT molecular complexity index is 779. The summed E-state index contributed by atoms with van der Waals surface area (Å²) in [5.41, 5.74) is 1.04. The van der Waals surface area contributed by atoms with Gasteiger partial charge in [0.2, 0.25) is 0 Å². The van der Waals surface area contributed by atoms with Crippen molar-refractivity contribution in [1.29, 1.82) is 0 Å². The second-order valence-corrected chi connectivity index (χ2v) is 13.3. The van der Waals surface area contributed by atoms with Crippen LogP contribution in [0.15, 0.2) is 18.2 Å². The molecule has 8 heteroatoms. The Hall–Kier alpha value is -1.35. The SMILES string of the molecule is CC(C)(C)[Si](C)(C)Oc1cccc2c1c(B(O)O)nn2C1CCCCO1. The van der Waals surface area contributed by atoms with E-state index in [2.05, 4.69) is 39.0 Å². The fourth-order valence-corrected chi connectivity index (χ4v) is 4.04. The molecule has 1 aromatic carbocycles. The van der Waals surface area contributed by atoms with Crippen LogP contribution >= 0.6 is 0 Å². The summed E-state index contributed by atoms with van der Waals surface area (Å²) < 4.78 is 14.1. The zero-order valence-corrected chi connectivity index (χ0v) is 17.3. The van der Waals surface area contributed by atoms with Crippen molar-refractivity contribution in [2.75, 3.05) is 6.61 Å². The number of fused-ring (bicyclic) bond motifs is 1. The average molecular weight is 376 g/mol. The summed E-state index contributed by atoms with van der Waals surface area (Å²) in [6.07, 6.45) is 2.81. The van der Waals surface area contributed by atoms with Crippen LogP contribution in [0.25, 0.3) is 10.9 Å². The Labute approximate surface area is 156 Å². The van der Waals surface area contributed by atoms with Gasteiger partial charge in [-0.15, -0.1) is 0 Å². The molecule has 26 heavy (non-hydrogen) atoms. The lowest BCUT2D eigenvalue weighted by Crippen LogP contribution is -2.44. The molecule has 3 rings (SSSR count). The third kappa shape index (κ3) is 3.56. The quantitative estimate of drug-likeness (QED) is 0.803. The number of benzene rings is 1. The van der Waals surface area contributed by atoms with Crippen LogP contribution in [0.5, 0.6) is 5.75 Å². The van der Waals surface area contributed by atoms with E-state index in [1.807, 2.05) is 18.2 Å². The number of aromatic nitrogens is 2. The minimum Gasteiger partial charge on any atom is -0.543 e. The van der Waals surface area contributed by atoms with E-state index in [1.54, 1.807) is 4.68 Å². The van der Waals surface area contributed by atoms with E-state index < -0.39 is 15.4 Å². The minimum atomic E-state index is -2.08. The Morgan fingerprint density at radius 3 is 2.58 bits per heavy atom. The fourth-order valence-electron chi connectivity index (χ4n) is 3.02. The molecule has 1 atom stereocenters. The predicted molar refractivity (Wildman–Crippen MR) is 106 cm³/mol. The number of hydrogen-bond donors (Lipinski definition) is 2. The van der Waals surface area contributed by atoms with Crippen molar-refractivity contribution in [2.24, 2.45) is 0 Å². The van der Waals surface area contributed by atoms with Gasteiger partial charge in [0.05, 0.1) is 10.9 Å². The van der Waals surface area contributed by atoms with Crippen molar-refractivity contribution in [2.45, 2.75) is 64.4 Å². The van der Waals surface area contributed by atoms with E-state index in [-0.39, 0.29) is 16.9 Å². The fraction of sp³-hybridized carbons (Fsp3) is 0.611. The van der Waals surface area contributed by atoms with E-state index >= 15 is 0 Å². The summed E-state index contributed by atoms with van der Waals surface area (Å²) in [6.45, 7) is 11.6.